The summed E-state index contributed by atoms with van der Waals surface area (Å²) < 4.78 is 0. The molecule has 3 aromatic carbocycles. The Morgan fingerprint density at radius 3 is 2.34 bits per heavy atom. The van der Waals surface area contributed by atoms with E-state index in [1.165, 1.54) is 11.1 Å². The van der Waals surface area contributed by atoms with Crippen LogP contribution in [0, 0.1) is 0 Å². The molecule has 1 heterocycles. The number of hydrogen-bond acceptors (Lipinski definition) is 3. The lowest BCUT2D eigenvalue weighted by molar-refractivity contribution is 0.153. The molecule has 1 fully saturated rings. The summed E-state index contributed by atoms with van der Waals surface area (Å²) in [5, 5.41) is 11.1. The van der Waals surface area contributed by atoms with E-state index in [1.807, 2.05) is 24.3 Å². The van der Waals surface area contributed by atoms with Gasteiger partial charge < -0.3 is 10.0 Å². The van der Waals surface area contributed by atoms with Crippen molar-refractivity contribution in [3.8, 4) is 5.75 Å². The van der Waals surface area contributed by atoms with Crippen molar-refractivity contribution in [2.24, 2.45) is 0 Å². The fraction of sp³-hybridized carbons (Fsp3) is 0.250. The number of halogens is 2. The van der Waals surface area contributed by atoms with E-state index in [0.29, 0.717) is 11.1 Å². The lowest BCUT2D eigenvalue weighted by Gasteiger charge is -2.47. The van der Waals surface area contributed by atoms with Gasteiger partial charge in [0.05, 0.1) is 16.8 Å². The molecule has 5 heteroatoms. The molecule has 3 aromatic rings. The predicted molar refractivity (Wildman–Crippen MR) is 121 cm³/mol. The van der Waals surface area contributed by atoms with Crippen molar-refractivity contribution in [2.75, 3.05) is 18.0 Å². The first kappa shape index (κ1) is 20.1. The van der Waals surface area contributed by atoms with Crippen LogP contribution in [0.15, 0.2) is 72.8 Å². The molecule has 0 saturated carbocycles. The van der Waals surface area contributed by atoms with E-state index in [9.17, 15) is 5.11 Å². The summed E-state index contributed by atoms with van der Waals surface area (Å²) in [6.07, 6.45) is 0. The maximum absolute atomic E-state index is 9.78. The van der Waals surface area contributed by atoms with Crippen molar-refractivity contribution in [3.05, 3.63) is 94.0 Å². The Balaban J connectivity index is 1.68. The van der Waals surface area contributed by atoms with Gasteiger partial charge in [-0.25, -0.2) is 0 Å². The molecular weight excluding hydrogens is 403 g/mol. The Kier molecular flexibility index (Phi) is 6.00. The van der Waals surface area contributed by atoms with Crippen LogP contribution in [0.2, 0.25) is 10.0 Å². The van der Waals surface area contributed by atoms with E-state index in [4.69, 9.17) is 23.2 Å². The average molecular weight is 427 g/mol. The normalized spacial score (nSPS) is 20.0. The molecule has 0 bridgehead atoms. The fourth-order valence-corrected chi connectivity index (χ4v) is 4.44. The van der Waals surface area contributed by atoms with Crippen LogP contribution in [0.25, 0.3) is 0 Å². The topological polar surface area (TPSA) is 26.7 Å². The highest BCUT2D eigenvalue weighted by Crippen LogP contribution is 2.38. The first-order valence-electron chi connectivity index (χ1n) is 9.80. The van der Waals surface area contributed by atoms with Crippen LogP contribution >= 0.6 is 23.2 Å². The third-order valence-electron chi connectivity index (χ3n) is 5.59. The summed E-state index contributed by atoms with van der Waals surface area (Å²) in [4.78, 5) is 4.86. The zero-order valence-corrected chi connectivity index (χ0v) is 17.8. The summed E-state index contributed by atoms with van der Waals surface area (Å²) in [6.45, 7) is 4.87. The number of benzene rings is 3. The molecule has 2 atom stereocenters. The third kappa shape index (κ3) is 4.53. The molecule has 1 aliphatic rings. The van der Waals surface area contributed by atoms with Gasteiger partial charge in [0.1, 0.15) is 5.75 Å². The molecule has 1 aliphatic heterocycles. The Labute approximate surface area is 182 Å². The molecular formula is C24H24Cl2N2O. The molecule has 150 valence electrons. The second-order valence-electron chi connectivity index (χ2n) is 7.62. The zero-order valence-electron chi connectivity index (χ0n) is 16.3. The molecule has 29 heavy (non-hydrogen) atoms. The van der Waals surface area contributed by atoms with E-state index >= 15 is 0 Å². The molecule has 1 saturated heterocycles. The van der Waals surface area contributed by atoms with Crippen molar-refractivity contribution < 1.29 is 5.11 Å². The van der Waals surface area contributed by atoms with Crippen LogP contribution in [-0.2, 0) is 6.54 Å². The zero-order chi connectivity index (χ0) is 20.4. The van der Waals surface area contributed by atoms with Crippen molar-refractivity contribution in [3.63, 3.8) is 0 Å². The maximum atomic E-state index is 9.78. The lowest BCUT2D eigenvalue weighted by Crippen LogP contribution is -2.53. The van der Waals surface area contributed by atoms with Gasteiger partial charge in [0.15, 0.2) is 0 Å². The Morgan fingerprint density at radius 2 is 1.66 bits per heavy atom. The lowest BCUT2D eigenvalue weighted by atomic mass is 9.98. The molecule has 4 rings (SSSR count). The maximum Gasteiger partial charge on any atom is 0.117 e. The first-order valence-corrected chi connectivity index (χ1v) is 10.6. The fourth-order valence-electron chi connectivity index (χ4n) is 4.03. The van der Waals surface area contributed by atoms with Gasteiger partial charge in [-0.2, -0.15) is 0 Å². The van der Waals surface area contributed by atoms with Gasteiger partial charge in [-0.05, 0) is 42.3 Å². The van der Waals surface area contributed by atoms with Crippen LogP contribution in [-0.4, -0.2) is 29.1 Å². The van der Waals surface area contributed by atoms with E-state index in [1.54, 1.807) is 12.1 Å². The molecule has 0 aromatic heterocycles. The van der Waals surface area contributed by atoms with Gasteiger partial charge in [0, 0.05) is 36.8 Å². The average Bonchev–Trinajstić information content (AvgIpc) is 2.71. The summed E-state index contributed by atoms with van der Waals surface area (Å²) in [5.41, 5.74) is 3.45. The van der Waals surface area contributed by atoms with E-state index in [-0.39, 0.29) is 11.8 Å². The molecule has 0 spiro atoms. The van der Waals surface area contributed by atoms with Crippen molar-refractivity contribution in [1.82, 2.24) is 4.90 Å². The number of aromatic hydroxyl groups is 1. The quantitative estimate of drug-likeness (QED) is 0.541. The number of nitrogens with zero attached hydrogens (tertiary/aromatic N) is 2. The van der Waals surface area contributed by atoms with Crippen LogP contribution in [0.5, 0.6) is 5.75 Å². The minimum absolute atomic E-state index is 0.134. The number of piperazine rings is 1. The summed E-state index contributed by atoms with van der Waals surface area (Å²) >= 11 is 12.7. The highest BCUT2D eigenvalue weighted by Gasteiger charge is 2.33. The SMILES string of the molecule is C[C@@H]1CN(c2ccc(O)cc2Cl)[C@H](c2ccc(Cl)cc2)CN1Cc1ccccc1. The summed E-state index contributed by atoms with van der Waals surface area (Å²) in [6, 6.07) is 24.3. The van der Waals surface area contributed by atoms with Crippen LogP contribution < -0.4 is 4.90 Å². The number of rotatable bonds is 4. The molecule has 0 unspecified atom stereocenters. The Bertz CT molecular complexity index is 962. The largest absolute Gasteiger partial charge is 0.508 e. The van der Waals surface area contributed by atoms with Gasteiger partial charge in [-0.15, -0.1) is 0 Å². The predicted octanol–water partition coefficient (Wildman–Crippen LogP) is 6.15. The van der Waals surface area contributed by atoms with E-state index in [0.717, 1.165) is 30.3 Å². The standard InChI is InChI=1S/C24H24Cl2N2O/c1-17-14-28(23-12-11-21(29)13-22(23)26)24(19-7-9-20(25)10-8-19)16-27(17)15-18-5-3-2-4-6-18/h2-13,17,24,29H,14-16H2,1H3/t17-,24+/m1/s1. The molecule has 0 radical (unpaired) electrons. The molecule has 1 N–H and O–H groups in total. The monoisotopic (exact) mass is 426 g/mol. The summed E-state index contributed by atoms with van der Waals surface area (Å²) in [5.74, 6) is 0.178. The number of phenolic OH excluding ortho intramolecular Hbond substituents is 1. The minimum atomic E-state index is 0.134. The molecule has 0 aliphatic carbocycles. The van der Waals surface area contributed by atoms with Gasteiger partial charge in [-0.3, -0.25) is 4.90 Å². The Hall–Kier alpha value is -2.20. The third-order valence-corrected chi connectivity index (χ3v) is 6.15. The second kappa shape index (κ2) is 8.66. The smallest absolute Gasteiger partial charge is 0.117 e. The van der Waals surface area contributed by atoms with Gasteiger partial charge in [0.2, 0.25) is 0 Å². The highest BCUT2D eigenvalue weighted by molar-refractivity contribution is 6.33. The second-order valence-corrected chi connectivity index (χ2v) is 8.46. The van der Waals surface area contributed by atoms with Gasteiger partial charge in [0.25, 0.3) is 0 Å². The highest BCUT2D eigenvalue weighted by atomic mass is 35.5. The summed E-state index contributed by atoms with van der Waals surface area (Å²) in [7, 11) is 0. The van der Waals surface area contributed by atoms with Crippen molar-refractivity contribution in [1.29, 1.82) is 0 Å². The van der Waals surface area contributed by atoms with Gasteiger partial charge in [-0.1, -0.05) is 65.7 Å². The van der Waals surface area contributed by atoms with Crippen molar-refractivity contribution >= 4 is 28.9 Å². The number of hydrogen-bond donors (Lipinski definition) is 1. The van der Waals surface area contributed by atoms with Crippen LogP contribution in [0.1, 0.15) is 24.1 Å². The molecule has 0 amide bonds. The Morgan fingerprint density at radius 1 is 0.931 bits per heavy atom. The molecule has 3 nitrogen and oxygen atoms in total. The minimum Gasteiger partial charge on any atom is -0.508 e. The first-order chi connectivity index (χ1) is 14.0. The van der Waals surface area contributed by atoms with E-state index in [2.05, 4.69) is 53.1 Å². The number of phenols is 1. The van der Waals surface area contributed by atoms with Gasteiger partial charge >= 0.3 is 0 Å². The van der Waals surface area contributed by atoms with Crippen LogP contribution in [0.4, 0.5) is 5.69 Å². The van der Waals surface area contributed by atoms with E-state index < -0.39 is 0 Å². The van der Waals surface area contributed by atoms with Crippen molar-refractivity contribution in [2.45, 2.75) is 25.6 Å². The van der Waals surface area contributed by atoms with Crippen LogP contribution in [0.3, 0.4) is 0 Å². The number of anilines is 1.